The van der Waals surface area contributed by atoms with Crippen LogP contribution in [0, 0.1) is 0 Å². The van der Waals surface area contributed by atoms with Crippen molar-refractivity contribution in [1.29, 1.82) is 0 Å². The molecule has 0 fully saturated rings. The van der Waals surface area contributed by atoms with Gasteiger partial charge in [-0.25, -0.2) is 13.0 Å². The molecule has 1 N–H and O–H groups in total. The number of ether oxygens (including phenoxy) is 1. The van der Waals surface area contributed by atoms with Crippen LogP contribution in [-0.4, -0.2) is 31.5 Å². The predicted octanol–water partition coefficient (Wildman–Crippen LogP) is 3.66. The average molecular weight is 527 g/mol. The van der Waals surface area contributed by atoms with Gasteiger partial charge in [0.1, 0.15) is 12.8 Å². The molecular formula is C22H16ClF3N3O5S+. The largest absolute Gasteiger partial charge is 0.573 e. The van der Waals surface area contributed by atoms with Gasteiger partial charge in [0.25, 0.3) is 21.8 Å². The summed E-state index contributed by atoms with van der Waals surface area (Å²) in [6, 6.07) is 9.47. The molecule has 1 aliphatic heterocycles. The molecule has 4 rings (SSSR count). The number of sulfonamides is 1. The molecule has 0 atom stereocenters. The Hall–Kier alpha value is -3.64. The fraction of sp³-hybridized carbons (Fsp3) is 0.136. The molecule has 2 amide bonds. The standard InChI is InChI=1S/C22H15ClF3N3O5S/c1-28-10-2-3-13(11-28)12-29-20(30)18-16(23)8-9-17(19(18)21(29)31)27-35(32,33)15-6-4-14(5-7-15)34-22(24,25)26/h2-11H,12H2,1H3/p+1. The summed E-state index contributed by atoms with van der Waals surface area (Å²) in [5.74, 6) is -2.03. The summed E-state index contributed by atoms with van der Waals surface area (Å²) in [6.45, 7) is -0.0653. The third kappa shape index (κ3) is 5.08. The Labute approximate surface area is 202 Å². The van der Waals surface area contributed by atoms with E-state index in [1.165, 1.54) is 12.1 Å². The number of halogens is 4. The molecule has 0 aliphatic carbocycles. The van der Waals surface area contributed by atoms with E-state index in [2.05, 4.69) is 9.46 Å². The molecule has 1 aliphatic rings. The quantitative estimate of drug-likeness (QED) is 0.390. The molecular weight excluding hydrogens is 511 g/mol. The highest BCUT2D eigenvalue weighted by Gasteiger charge is 2.40. The zero-order valence-corrected chi connectivity index (χ0v) is 19.4. The molecule has 3 aromatic rings. The number of nitrogens with one attached hydrogen (secondary N) is 1. The number of rotatable bonds is 6. The first-order valence-corrected chi connectivity index (χ1v) is 11.7. The van der Waals surface area contributed by atoms with Crippen LogP contribution >= 0.6 is 11.6 Å². The minimum absolute atomic E-state index is 0.0314. The van der Waals surface area contributed by atoms with E-state index in [4.69, 9.17) is 11.6 Å². The van der Waals surface area contributed by atoms with Crippen molar-refractivity contribution in [2.45, 2.75) is 17.8 Å². The summed E-state index contributed by atoms with van der Waals surface area (Å²) in [4.78, 5) is 26.7. The van der Waals surface area contributed by atoms with Gasteiger partial charge in [-0.05, 0) is 42.5 Å². The lowest BCUT2D eigenvalue weighted by molar-refractivity contribution is -0.672. The second kappa shape index (κ2) is 8.86. The van der Waals surface area contributed by atoms with Gasteiger partial charge < -0.3 is 4.74 Å². The van der Waals surface area contributed by atoms with Crippen LogP contribution in [0.5, 0.6) is 5.75 Å². The van der Waals surface area contributed by atoms with Crippen molar-refractivity contribution in [3.63, 3.8) is 0 Å². The smallest absolute Gasteiger partial charge is 0.406 e. The van der Waals surface area contributed by atoms with Gasteiger partial charge in [-0.1, -0.05) is 11.6 Å². The van der Waals surface area contributed by atoms with Gasteiger partial charge in [-0.15, -0.1) is 13.2 Å². The number of anilines is 1. The number of hydrogen-bond donors (Lipinski definition) is 1. The van der Waals surface area contributed by atoms with E-state index >= 15 is 0 Å². The van der Waals surface area contributed by atoms with Gasteiger partial charge >= 0.3 is 6.36 Å². The van der Waals surface area contributed by atoms with Crippen molar-refractivity contribution in [3.05, 3.63) is 82.6 Å². The van der Waals surface area contributed by atoms with Crippen molar-refractivity contribution >= 4 is 39.1 Å². The SMILES string of the molecule is C[n+]1cccc(CN2C(=O)c3c(Cl)ccc(NS(=O)(=O)c4ccc(OC(F)(F)F)cc4)c3C2=O)c1. The van der Waals surface area contributed by atoms with Crippen LogP contribution in [0.15, 0.2) is 65.8 Å². The molecule has 1 aromatic heterocycles. The summed E-state index contributed by atoms with van der Waals surface area (Å²) in [5, 5.41) is -0.0314. The van der Waals surface area contributed by atoms with Gasteiger partial charge in [0.05, 0.1) is 33.3 Å². The Bertz CT molecular complexity index is 1440. The van der Waals surface area contributed by atoms with Crippen LogP contribution < -0.4 is 14.0 Å². The van der Waals surface area contributed by atoms with Gasteiger partial charge in [0, 0.05) is 11.6 Å². The van der Waals surface area contributed by atoms with E-state index in [1.807, 2.05) is 0 Å². The highest BCUT2D eigenvalue weighted by molar-refractivity contribution is 7.92. The van der Waals surface area contributed by atoms with E-state index in [-0.39, 0.29) is 33.3 Å². The molecule has 182 valence electrons. The molecule has 2 aromatic carbocycles. The Morgan fingerprint density at radius 3 is 2.31 bits per heavy atom. The van der Waals surface area contributed by atoms with E-state index in [0.717, 1.165) is 29.2 Å². The Morgan fingerprint density at radius 1 is 1.03 bits per heavy atom. The number of carbonyl (C=O) groups excluding carboxylic acids is 2. The number of pyridine rings is 1. The number of amides is 2. The van der Waals surface area contributed by atoms with Crippen molar-refractivity contribution in [1.82, 2.24) is 4.90 Å². The molecule has 0 spiro atoms. The molecule has 0 saturated heterocycles. The van der Waals surface area contributed by atoms with Crippen molar-refractivity contribution in [2.75, 3.05) is 4.72 Å². The number of hydrogen-bond acceptors (Lipinski definition) is 5. The van der Waals surface area contributed by atoms with E-state index in [0.29, 0.717) is 5.56 Å². The highest BCUT2D eigenvalue weighted by atomic mass is 35.5. The minimum Gasteiger partial charge on any atom is -0.406 e. The lowest BCUT2D eigenvalue weighted by Crippen LogP contribution is -2.32. The monoisotopic (exact) mass is 526 g/mol. The number of benzene rings is 2. The summed E-state index contributed by atoms with van der Waals surface area (Å²) in [5.41, 5.74) is 0.0953. The number of imide groups is 1. The van der Waals surface area contributed by atoms with Gasteiger partial charge in [0.2, 0.25) is 0 Å². The maximum absolute atomic E-state index is 13.2. The van der Waals surface area contributed by atoms with Crippen molar-refractivity contribution in [3.8, 4) is 5.75 Å². The van der Waals surface area contributed by atoms with E-state index in [9.17, 15) is 31.2 Å². The first kappa shape index (κ1) is 24.5. The Balaban J connectivity index is 1.64. The van der Waals surface area contributed by atoms with Gasteiger partial charge in [0.15, 0.2) is 12.4 Å². The minimum atomic E-state index is -4.93. The fourth-order valence-corrected chi connectivity index (χ4v) is 4.86. The van der Waals surface area contributed by atoms with Crippen molar-refractivity contribution < 1.29 is 40.5 Å². The van der Waals surface area contributed by atoms with Crippen LogP contribution in [0.4, 0.5) is 18.9 Å². The number of aryl methyl sites for hydroxylation is 1. The molecule has 2 heterocycles. The topological polar surface area (TPSA) is 96.7 Å². The molecule has 0 unspecified atom stereocenters. The summed E-state index contributed by atoms with van der Waals surface area (Å²) >= 11 is 6.17. The summed E-state index contributed by atoms with van der Waals surface area (Å²) in [6.07, 6.45) is -1.43. The third-order valence-corrected chi connectivity index (χ3v) is 6.72. The van der Waals surface area contributed by atoms with Crippen LogP contribution in [0.3, 0.4) is 0 Å². The van der Waals surface area contributed by atoms with Crippen molar-refractivity contribution in [2.24, 2.45) is 7.05 Å². The zero-order chi connectivity index (χ0) is 25.5. The lowest BCUT2D eigenvalue weighted by Gasteiger charge is -2.14. The summed E-state index contributed by atoms with van der Waals surface area (Å²) in [7, 11) is -2.57. The molecule has 13 heteroatoms. The number of fused-ring (bicyclic) bond motifs is 1. The van der Waals surface area contributed by atoms with Gasteiger partial charge in [-0.2, -0.15) is 0 Å². The second-order valence-corrected chi connectivity index (χ2v) is 9.63. The molecule has 0 radical (unpaired) electrons. The molecule has 0 saturated carbocycles. The Morgan fingerprint density at radius 2 is 1.69 bits per heavy atom. The number of nitrogens with zero attached hydrogens (tertiary/aromatic N) is 2. The highest BCUT2D eigenvalue weighted by Crippen LogP contribution is 2.36. The van der Waals surface area contributed by atoms with Crippen LogP contribution in [0.25, 0.3) is 0 Å². The average Bonchev–Trinajstić information content (AvgIpc) is 3.01. The fourth-order valence-electron chi connectivity index (χ4n) is 3.55. The van der Waals surface area contributed by atoms with E-state index < -0.39 is 33.9 Å². The maximum atomic E-state index is 13.2. The first-order chi connectivity index (χ1) is 16.4. The number of aromatic nitrogens is 1. The number of alkyl halides is 3. The zero-order valence-electron chi connectivity index (χ0n) is 17.8. The maximum Gasteiger partial charge on any atom is 0.573 e. The normalized spacial score (nSPS) is 13.7. The molecule has 0 bridgehead atoms. The second-order valence-electron chi connectivity index (χ2n) is 7.54. The van der Waals surface area contributed by atoms with Crippen LogP contribution in [0.1, 0.15) is 26.3 Å². The summed E-state index contributed by atoms with van der Waals surface area (Å²) < 4.78 is 70.5. The lowest BCUT2D eigenvalue weighted by atomic mass is 10.1. The van der Waals surface area contributed by atoms with E-state index in [1.54, 1.807) is 36.1 Å². The molecule has 8 nitrogen and oxygen atoms in total. The third-order valence-electron chi connectivity index (χ3n) is 5.03. The molecule has 35 heavy (non-hydrogen) atoms. The van der Waals surface area contributed by atoms with Gasteiger partial charge in [-0.3, -0.25) is 19.2 Å². The Kier molecular flexibility index (Phi) is 6.20. The predicted molar refractivity (Wildman–Crippen MR) is 117 cm³/mol. The van der Waals surface area contributed by atoms with Crippen LogP contribution in [-0.2, 0) is 23.6 Å². The van der Waals surface area contributed by atoms with Crippen LogP contribution in [0.2, 0.25) is 5.02 Å². The first-order valence-electron chi connectivity index (χ1n) is 9.87. The number of carbonyl (C=O) groups is 2.